The van der Waals surface area contributed by atoms with E-state index < -0.39 is 11.9 Å². The van der Waals surface area contributed by atoms with Gasteiger partial charge in [-0.05, 0) is 57.6 Å². The van der Waals surface area contributed by atoms with Crippen LogP contribution in [-0.4, -0.2) is 68.2 Å². The molecule has 0 aliphatic carbocycles. The van der Waals surface area contributed by atoms with Crippen LogP contribution in [0.2, 0.25) is 5.02 Å². The second-order valence-corrected chi connectivity index (χ2v) is 8.79. The second kappa shape index (κ2) is 10.3. The molecule has 0 bridgehead atoms. The van der Waals surface area contributed by atoms with Gasteiger partial charge in [0.05, 0.1) is 12.6 Å². The highest BCUT2D eigenvalue weighted by Gasteiger charge is 2.20. The maximum atomic E-state index is 12.8. The number of nitrogens with one attached hydrogen (secondary N) is 2. The number of hydrogen-bond donors (Lipinski definition) is 3. The van der Waals surface area contributed by atoms with Crippen LogP contribution in [0.5, 0.6) is 0 Å². The molecule has 1 fully saturated rings. The minimum Gasteiger partial charge on any atom is -0.394 e. The fourth-order valence-corrected chi connectivity index (χ4v) is 4.04. The number of piperidine rings is 1. The molecule has 3 heterocycles. The molecule has 10 heteroatoms. The number of hydrogen-bond acceptors (Lipinski definition) is 7. The molecule has 3 N–H and O–H groups in total. The normalized spacial score (nSPS) is 15.9. The number of imidazole rings is 1. The topological polar surface area (TPSA) is 108 Å². The maximum Gasteiger partial charge on any atom is 0.272 e. The van der Waals surface area contributed by atoms with E-state index in [9.17, 15) is 9.90 Å². The first-order valence-electron chi connectivity index (χ1n) is 10.9. The van der Waals surface area contributed by atoms with Crippen molar-refractivity contribution in [2.24, 2.45) is 0 Å². The number of likely N-dealkylation sites (tertiary alicyclic amines) is 1. The molecule has 1 aromatic carbocycles. The Kier molecular flexibility index (Phi) is 7.22. The van der Waals surface area contributed by atoms with E-state index in [1.807, 2.05) is 6.92 Å². The number of benzene rings is 1. The minimum absolute atomic E-state index is 0.221. The van der Waals surface area contributed by atoms with Crippen LogP contribution >= 0.6 is 11.6 Å². The molecule has 1 aliphatic rings. The molecule has 174 valence electrons. The first-order valence-corrected chi connectivity index (χ1v) is 11.3. The standard InChI is InChI=1S/C23H28ClN7O2/c1-15-11-25-23(27-18-6-8-30(2)9-7-18)29-21(15)31-12-19(26-14-31)22(33)28-20(13-32)16-4-3-5-17(24)10-16/h3-5,10-12,14,18,20,32H,6-9,13H2,1-2H3,(H,28,33)(H,25,27,29)/t20-/m1/s1. The van der Waals surface area contributed by atoms with E-state index in [4.69, 9.17) is 11.6 Å². The summed E-state index contributed by atoms with van der Waals surface area (Å²) in [6.45, 7) is 3.74. The van der Waals surface area contributed by atoms with E-state index in [0.717, 1.165) is 31.5 Å². The quantitative estimate of drug-likeness (QED) is 0.488. The summed E-state index contributed by atoms with van der Waals surface area (Å²) in [6.07, 6.45) is 7.02. The number of carbonyl (C=O) groups is 1. The minimum atomic E-state index is -0.590. The van der Waals surface area contributed by atoms with Gasteiger partial charge in [0.25, 0.3) is 5.91 Å². The summed E-state index contributed by atoms with van der Waals surface area (Å²) in [5, 5.41) is 16.5. The van der Waals surface area contributed by atoms with Gasteiger partial charge in [-0.3, -0.25) is 9.36 Å². The lowest BCUT2D eigenvalue weighted by molar-refractivity contribution is 0.0911. The average molecular weight is 470 g/mol. The van der Waals surface area contributed by atoms with Crippen LogP contribution in [-0.2, 0) is 0 Å². The summed E-state index contributed by atoms with van der Waals surface area (Å²) >= 11 is 6.04. The number of aliphatic hydroxyl groups is 1. The van der Waals surface area contributed by atoms with Gasteiger partial charge in [0.1, 0.15) is 17.8 Å². The van der Waals surface area contributed by atoms with E-state index in [0.29, 0.717) is 28.4 Å². The molecule has 1 aliphatic heterocycles. The highest BCUT2D eigenvalue weighted by molar-refractivity contribution is 6.30. The van der Waals surface area contributed by atoms with Crippen molar-refractivity contribution < 1.29 is 9.90 Å². The van der Waals surface area contributed by atoms with Crippen molar-refractivity contribution in [1.29, 1.82) is 0 Å². The summed E-state index contributed by atoms with van der Waals surface area (Å²) in [4.78, 5) is 28.4. The third-order valence-electron chi connectivity index (χ3n) is 5.80. The van der Waals surface area contributed by atoms with Crippen LogP contribution in [0.15, 0.2) is 43.0 Å². The van der Waals surface area contributed by atoms with Crippen LogP contribution in [0.4, 0.5) is 5.95 Å². The summed E-state index contributed by atoms with van der Waals surface area (Å²) < 4.78 is 1.71. The number of carbonyl (C=O) groups excluding carboxylic acids is 1. The molecular formula is C23H28ClN7O2. The maximum absolute atomic E-state index is 12.8. The van der Waals surface area contributed by atoms with Gasteiger partial charge >= 0.3 is 0 Å². The van der Waals surface area contributed by atoms with Gasteiger partial charge in [-0.15, -0.1) is 0 Å². The third-order valence-corrected chi connectivity index (χ3v) is 6.03. The van der Waals surface area contributed by atoms with Crippen molar-refractivity contribution in [3.63, 3.8) is 0 Å². The molecular weight excluding hydrogens is 442 g/mol. The molecule has 2 aromatic heterocycles. The second-order valence-electron chi connectivity index (χ2n) is 8.35. The largest absolute Gasteiger partial charge is 0.394 e. The summed E-state index contributed by atoms with van der Waals surface area (Å²) in [5.41, 5.74) is 1.80. The van der Waals surface area contributed by atoms with Gasteiger partial charge in [-0.2, -0.15) is 4.98 Å². The van der Waals surface area contributed by atoms with Crippen LogP contribution in [0, 0.1) is 6.92 Å². The Morgan fingerprint density at radius 3 is 2.82 bits per heavy atom. The SMILES string of the molecule is Cc1cnc(NC2CCN(C)CC2)nc1-n1cnc(C(=O)N[C@H](CO)c2cccc(Cl)c2)c1. The number of halogens is 1. The molecule has 9 nitrogen and oxygen atoms in total. The Bertz CT molecular complexity index is 1110. The van der Waals surface area contributed by atoms with Crippen LogP contribution in [0.25, 0.3) is 5.82 Å². The number of nitrogens with zero attached hydrogens (tertiary/aromatic N) is 5. The van der Waals surface area contributed by atoms with E-state index in [1.165, 1.54) is 0 Å². The molecule has 1 saturated heterocycles. The third kappa shape index (κ3) is 5.68. The van der Waals surface area contributed by atoms with Gasteiger partial charge in [-0.1, -0.05) is 23.7 Å². The number of anilines is 1. The first-order chi connectivity index (χ1) is 15.9. The summed E-state index contributed by atoms with van der Waals surface area (Å²) in [6, 6.07) is 6.77. The zero-order valence-corrected chi connectivity index (χ0v) is 19.5. The zero-order valence-electron chi connectivity index (χ0n) is 18.7. The highest BCUT2D eigenvalue weighted by atomic mass is 35.5. The van der Waals surface area contributed by atoms with Gasteiger partial charge in [-0.25, -0.2) is 9.97 Å². The number of amides is 1. The molecule has 1 atom stereocenters. The van der Waals surface area contributed by atoms with Gasteiger partial charge in [0.15, 0.2) is 0 Å². The molecule has 4 rings (SSSR count). The van der Waals surface area contributed by atoms with Gasteiger partial charge in [0, 0.05) is 29.0 Å². The van der Waals surface area contributed by atoms with Gasteiger partial charge < -0.3 is 20.6 Å². The molecule has 0 unspecified atom stereocenters. The van der Waals surface area contributed by atoms with Crippen LogP contribution in [0.1, 0.15) is 40.5 Å². The Balaban J connectivity index is 1.47. The van der Waals surface area contributed by atoms with E-state index in [1.54, 1.807) is 47.6 Å². The Morgan fingerprint density at radius 1 is 1.30 bits per heavy atom. The Morgan fingerprint density at radius 2 is 2.09 bits per heavy atom. The summed E-state index contributed by atoms with van der Waals surface area (Å²) in [7, 11) is 2.13. The van der Waals surface area contributed by atoms with Crippen molar-refractivity contribution >= 4 is 23.5 Å². The van der Waals surface area contributed by atoms with Crippen molar-refractivity contribution in [3.05, 3.63) is 64.8 Å². The van der Waals surface area contributed by atoms with Gasteiger partial charge in [0.2, 0.25) is 5.95 Å². The fraction of sp³-hybridized carbons (Fsp3) is 0.391. The van der Waals surface area contributed by atoms with Crippen molar-refractivity contribution in [3.8, 4) is 5.82 Å². The number of aliphatic hydroxyl groups excluding tert-OH is 1. The van der Waals surface area contributed by atoms with Crippen molar-refractivity contribution in [2.45, 2.75) is 31.8 Å². The zero-order chi connectivity index (χ0) is 23.4. The van der Waals surface area contributed by atoms with Crippen LogP contribution in [0.3, 0.4) is 0 Å². The predicted molar refractivity (Wildman–Crippen MR) is 127 cm³/mol. The first kappa shape index (κ1) is 23.2. The van der Waals surface area contributed by atoms with E-state index >= 15 is 0 Å². The molecule has 1 amide bonds. The lowest BCUT2D eigenvalue weighted by atomic mass is 10.1. The molecule has 3 aromatic rings. The number of aromatic nitrogens is 4. The lowest BCUT2D eigenvalue weighted by Crippen LogP contribution is -2.37. The Labute approximate surface area is 197 Å². The smallest absolute Gasteiger partial charge is 0.272 e. The van der Waals surface area contributed by atoms with Crippen LogP contribution < -0.4 is 10.6 Å². The molecule has 0 spiro atoms. The average Bonchev–Trinajstić information content (AvgIpc) is 3.30. The fourth-order valence-electron chi connectivity index (χ4n) is 3.85. The molecule has 0 radical (unpaired) electrons. The molecule has 33 heavy (non-hydrogen) atoms. The van der Waals surface area contributed by atoms with E-state index in [-0.39, 0.29) is 12.3 Å². The summed E-state index contributed by atoms with van der Waals surface area (Å²) in [5.74, 6) is 0.816. The number of aryl methyl sites for hydroxylation is 1. The lowest BCUT2D eigenvalue weighted by Gasteiger charge is -2.29. The van der Waals surface area contributed by atoms with Crippen molar-refractivity contribution in [1.82, 2.24) is 29.7 Å². The molecule has 0 saturated carbocycles. The number of rotatable bonds is 7. The monoisotopic (exact) mass is 469 g/mol. The highest BCUT2D eigenvalue weighted by Crippen LogP contribution is 2.19. The Hall–Kier alpha value is -3.01. The predicted octanol–water partition coefficient (Wildman–Crippen LogP) is 2.59. The van der Waals surface area contributed by atoms with E-state index in [2.05, 4.69) is 37.5 Å². The van der Waals surface area contributed by atoms with Crippen molar-refractivity contribution in [2.75, 3.05) is 32.1 Å².